The van der Waals surface area contributed by atoms with Gasteiger partial charge in [0.25, 0.3) is 11.5 Å². The number of carbonyl (C=O) groups is 1. The molecule has 0 fully saturated rings. The van der Waals surface area contributed by atoms with E-state index in [0.29, 0.717) is 26.8 Å². The molecule has 0 atom stereocenters. The number of thioether (sulfide) groups is 1. The molecule has 1 aromatic heterocycles. The summed E-state index contributed by atoms with van der Waals surface area (Å²) >= 11 is 7.17. The number of nitrogens with zero attached hydrogens (tertiary/aromatic N) is 3. The number of aryl methyl sites for hydroxylation is 1. The molecule has 0 radical (unpaired) electrons. The first kappa shape index (κ1) is 21.8. The highest BCUT2D eigenvalue weighted by Crippen LogP contribution is 2.22. The van der Waals surface area contributed by atoms with Crippen molar-refractivity contribution in [3.8, 4) is 5.69 Å². The molecule has 0 bridgehead atoms. The van der Waals surface area contributed by atoms with Crippen molar-refractivity contribution in [2.24, 2.45) is 5.10 Å². The van der Waals surface area contributed by atoms with Crippen molar-refractivity contribution in [1.29, 1.82) is 0 Å². The molecule has 0 aliphatic heterocycles. The average Bonchev–Trinajstić information content (AvgIpc) is 2.80. The van der Waals surface area contributed by atoms with Crippen LogP contribution < -0.4 is 11.0 Å². The minimum Gasteiger partial charge on any atom is -0.272 e. The van der Waals surface area contributed by atoms with Gasteiger partial charge in [-0.25, -0.2) is 10.4 Å². The Bertz CT molecular complexity index is 1350. The maximum Gasteiger partial charge on any atom is 0.266 e. The fourth-order valence-electron chi connectivity index (χ4n) is 3.02. The van der Waals surface area contributed by atoms with Crippen molar-refractivity contribution in [2.45, 2.75) is 12.1 Å². The van der Waals surface area contributed by atoms with Crippen LogP contribution in [0.25, 0.3) is 16.6 Å². The zero-order valence-electron chi connectivity index (χ0n) is 17.2. The first-order valence-corrected chi connectivity index (χ1v) is 11.2. The van der Waals surface area contributed by atoms with E-state index in [9.17, 15) is 9.59 Å². The van der Waals surface area contributed by atoms with Crippen molar-refractivity contribution in [3.05, 3.63) is 99.3 Å². The van der Waals surface area contributed by atoms with E-state index in [1.807, 2.05) is 37.3 Å². The van der Waals surface area contributed by atoms with Crippen molar-refractivity contribution < 1.29 is 4.79 Å². The lowest BCUT2D eigenvalue weighted by Gasteiger charge is -2.13. The maximum absolute atomic E-state index is 13.2. The standard InChI is InChI=1S/C24H19ClN4O2S/c1-16-6-8-17(9-7-16)14-26-28-22(30)15-32-24-27-21-5-3-2-4-20(21)23(31)29(24)19-12-10-18(25)11-13-19/h2-14H,15H2,1H3,(H,28,30)/b26-14+. The summed E-state index contributed by atoms with van der Waals surface area (Å²) in [7, 11) is 0. The number of fused-ring (bicyclic) bond motifs is 1. The monoisotopic (exact) mass is 462 g/mol. The predicted molar refractivity (Wildman–Crippen MR) is 130 cm³/mol. The van der Waals surface area contributed by atoms with E-state index in [-0.39, 0.29) is 17.2 Å². The van der Waals surface area contributed by atoms with Crippen LogP contribution in [0.5, 0.6) is 0 Å². The molecular weight excluding hydrogens is 444 g/mol. The van der Waals surface area contributed by atoms with Gasteiger partial charge < -0.3 is 0 Å². The third-order valence-electron chi connectivity index (χ3n) is 4.64. The zero-order valence-corrected chi connectivity index (χ0v) is 18.7. The Morgan fingerprint density at radius 3 is 2.56 bits per heavy atom. The van der Waals surface area contributed by atoms with Crippen LogP contribution in [-0.4, -0.2) is 27.4 Å². The average molecular weight is 463 g/mol. The number of hydrogen-bond acceptors (Lipinski definition) is 5. The number of benzene rings is 3. The van der Waals surface area contributed by atoms with Crippen molar-refractivity contribution in [1.82, 2.24) is 15.0 Å². The van der Waals surface area contributed by atoms with E-state index in [0.717, 1.165) is 22.9 Å². The van der Waals surface area contributed by atoms with Crippen LogP contribution >= 0.6 is 23.4 Å². The summed E-state index contributed by atoms with van der Waals surface area (Å²) in [4.78, 5) is 30.1. The quantitative estimate of drug-likeness (QED) is 0.197. The molecule has 6 nitrogen and oxygen atoms in total. The third kappa shape index (κ3) is 5.07. The molecule has 0 unspecified atom stereocenters. The Hall–Kier alpha value is -3.42. The van der Waals surface area contributed by atoms with E-state index in [2.05, 4.69) is 15.5 Å². The summed E-state index contributed by atoms with van der Waals surface area (Å²) in [5.41, 5.74) is 5.53. The second-order valence-corrected chi connectivity index (χ2v) is 8.40. The number of aromatic nitrogens is 2. The van der Waals surface area contributed by atoms with E-state index in [4.69, 9.17) is 11.6 Å². The largest absolute Gasteiger partial charge is 0.272 e. The minimum atomic E-state index is -0.302. The molecule has 1 N–H and O–H groups in total. The van der Waals surface area contributed by atoms with Gasteiger partial charge in [0.05, 0.1) is 28.6 Å². The van der Waals surface area contributed by atoms with Crippen LogP contribution in [0.2, 0.25) is 5.02 Å². The molecule has 1 amide bonds. The fraction of sp³-hybridized carbons (Fsp3) is 0.0833. The minimum absolute atomic E-state index is 0.0452. The van der Waals surface area contributed by atoms with E-state index >= 15 is 0 Å². The lowest BCUT2D eigenvalue weighted by molar-refractivity contribution is -0.118. The molecule has 4 rings (SSSR count). The van der Waals surface area contributed by atoms with Gasteiger partial charge in [0, 0.05) is 5.02 Å². The molecule has 0 aliphatic carbocycles. The van der Waals surface area contributed by atoms with E-state index in [1.54, 1.807) is 48.7 Å². The van der Waals surface area contributed by atoms with Gasteiger partial charge in [-0.1, -0.05) is 65.3 Å². The smallest absolute Gasteiger partial charge is 0.266 e. The Labute approximate surface area is 194 Å². The number of amides is 1. The molecule has 3 aromatic carbocycles. The lowest BCUT2D eigenvalue weighted by Crippen LogP contribution is -2.24. The van der Waals surface area contributed by atoms with Gasteiger partial charge in [-0.3, -0.25) is 14.2 Å². The molecule has 4 aromatic rings. The van der Waals surface area contributed by atoms with Gasteiger partial charge >= 0.3 is 0 Å². The summed E-state index contributed by atoms with van der Waals surface area (Å²) in [6, 6.07) is 21.8. The molecule has 32 heavy (non-hydrogen) atoms. The Balaban J connectivity index is 1.56. The molecule has 0 aliphatic rings. The fourth-order valence-corrected chi connectivity index (χ4v) is 3.95. The molecular formula is C24H19ClN4O2S. The van der Waals surface area contributed by atoms with Crippen LogP contribution in [0.1, 0.15) is 11.1 Å². The van der Waals surface area contributed by atoms with Gasteiger partial charge in [0.1, 0.15) is 0 Å². The van der Waals surface area contributed by atoms with Crippen molar-refractivity contribution in [3.63, 3.8) is 0 Å². The zero-order chi connectivity index (χ0) is 22.5. The van der Waals surface area contributed by atoms with Gasteiger partial charge in [-0.05, 0) is 48.9 Å². The molecule has 1 heterocycles. The van der Waals surface area contributed by atoms with Crippen LogP contribution in [0.4, 0.5) is 0 Å². The van der Waals surface area contributed by atoms with Crippen molar-refractivity contribution in [2.75, 3.05) is 5.75 Å². The summed E-state index contributed by atoms with van der Waals surface area (Å²) in [5.74, 6) is -0.257. The summed E-state index contributed by atoms with van der Waals surface area (Å²) in [6.07, 6.45) is 1.58. The van der Waals surface area contributed by atoms with Crippen LogP contribution in [0.15, 0.2) is 87.8 Å². The van der Waals surface area contributed by atoms with Crippen LogP contribution in [0.3, 0.4) is 0 Å². The van der Waals surface area contributed by atoms with Gasteiger partial charge in [-0.15, -0.1) is 0 Å². The van der Waals surface area contributed by atoms with Gasteiger partial charge in [-0.2, -0.15) is 5.10 Å². The number of hydrogen-bond donors (Lipinski definition) is 1. The highest BCUT2D eigenvalue weighted by Gasteiger charge is 2.14. The van der Waals surface area contributed by atoms with Crippen LogP contribution in [-0.2, 0) is 4.79 Å². The molecule has 0 saturated carbocycles. The molecule has 160 valence electrons. The predicted octanol–water partition coefficient (Wildman–Crippen LogP) is 4.59. The third-order valence-corrected chi connectivity index (χ3v) is 5.83. The normalized spacial score (nSPS) is 11.2. The Morgan fingerprint density at radius 1 is 1.09 bits per heavy atom. The number of rotatable bonds is 6. The van der Waals surface area contributed by atoms with Gasteiger partial charge in [0.2, 0.25) is 0 Å². The Morgan fingerprint density at radius 2 is 1.81 bits per heavy atom. The first-order valence-electron chi connectivity index (χ1n) is 9.80. The molecule has 8 heteroatoms. The highest BCUT2D eigenvalue weighted by molar-refractivity contribution is 7.99. The topological polar surface area (TPSA) is 76.3 Å². The lowest BCUT2D eigenvalue weighted by atomic mass is 10.2. The Kier molecular flexibility index (Phi) is 6.68. The molecule has 0 spiro atoms. The second kappa shape index (κ2) is 9.80. The maximum atomic E-state index is 13.2. The number of halogens is 1. The number of nitrogens with one attached hydrogen (secondary N) is 1. The highest BCUT2D eigenvalue weighted by atomic mass is 35.5. The molecule has 0 saturated heterocycles. The van der Waals surface area contributed by atoms with Crippen LogP contribution in [0, 0.1) is 6.92 Å². The summed E-state index contributed by atoms with van der Waals surface area (Å²) < 4.78 is 1.49. The SMILES string of the molecule is Cc1ccc(/C=N/NC(=O)CSc2nc3ccccc3c(=O)n2-c2ccc(Cl)cc2)cc1. The number of hydrazone groups is 1. The first-order chi connectivity index (χ1) is 15.5. The summed E-state index contributed by atoms with van der Waals surface area (Å²) in [5, 5.41) is 5.47. The summed E-state index contributed by atoms with van der Waals surface area (Å²) in [6.45, 7) is 2.00. The second-order valence-electron chi connectivity index (χ2n) is 7.02. The number of para-hydroxylation sites is 1. The number of carbonyl (C=O) groups excluding carboxylic acids is 1. The van der Waals surface area contributed by atoms with Crippen molar-refractivity contribution >= 4 is 46.4 Å². The van der Waals surface area contributed by atoms with E-state index < -0.39 is 0 Å². The van der Waals surface area contributed by atoms with E-state index in [1.165, 1.54) is 4.57 Å². The van der Waals surface area contributed by atoms with Gasteiger partial charge in [0.15, 0.2) is 5.16 Å².